The molecule has 3 aliphatic rings. The summed E-state index contributed by atoms with van der Waals surface area (Å²) in [6, 6.07) is 10.4. The van der Waals surface area contributed by atoms with Crippen LogP contribution < -0.4 is 29.7 Å². The van der Waals surface area contributed by atoms with Crippen LogP contribution in [0.1, 0.15) is 13.3 Å². The summed E-state index contributed by atoms with van der Waals surface area (Å²) in [5.74, 6) is 0. The Kier molecular flexibility index (Phi) is 11.2. The van der Waals surface area contributed by atoms with Crippen LogP contribution in [0.25, 0.3) is 0 Å². The second-order valence-corrected chi connectivity index (χ2v) is 5.89. The molecule has 0 aromatic heterocycles. The number of hydrogen-bond acceptors (Lipinski definition) is 1. The normalized spacial score (nSPS) is 18.8. The van der Waals surface area contributed by atoms with Gasteiger partial charge in [-0.1, -0.05) is 46.7 Å². The average molecular weight is 500 g/mol. The zero-order valence-electron chi connectivity index (χ0n) is 13.1. The van der Waals surface area contributed by atoms with E-state index in [1.165, 1.54) is 22.5 Å². The van der Waals surface area contributed by atoms with Crippen LogP contribution in [0.4, 0.5) is 5.69 Å². The maximum absolute atomic E-state index is 3.64. The molecule has 0 radical (unpaired) electrons. The Hall–Kier alpha value is -0.337. The molecule has 5 heteroatoms. The van der Waals surface area contributed by atoms with Crippen molar-refractivity contribution in [3.63, 3.8) is 0 Å². The maximum Gasteiger partial charge on any atom is 4.00 e. The standard InChI is InChI=1S/C14H11BrN.C5H5.2ClH.Zr/c1-10-7-11-9-14(15)16(13(11)8-10)12-5-3-2-4-6-12;1-2-4-5-3-1;;;/h2-8,14H,1H3;1-3H,4H2;2*1H;/q2*-1;;;+4/p-2. The van der Waals surface area contributed by atoms with Gasteiger partial charge >= 0.3 is 26.2 Å². The number of alkyl halides is 1. The van der Waals surface area contributed by atoms with E-state index in [2.05, 4.69) is 82.4 Å². The molecule has 1 nitrogen and oxygen atoms in total. The van der Waals surface area contributed by atoms with Crippen LogP contribution in [0.15, 0.2) is 77.6 Å². The molecule has 1 unspecified atom stereocenters. The van der Waals surface area contributed by atoms with Crippen LogP contribution in [0.5, 0.6) is 0 Å². The molecule has 0 saturated carbocycles. The Morgan fingerprint density at radius 1 is 1.12 bits per heavy atom. The van der Waals surface area contributed by atoms with Crippen molar-refractivity contribution in [3.05, 3.63) is 89.7 Å². The zero-order chi connectivity index (χ0) is 14.7. The summed E-state index contributed by atoms with van der Waals surface area (Å²) in [5, 5.41) is 0. The summed E-state index contributed by atoms with van der Waals surface area (Å²) in [7, 11) is 0. The van der Waals surface area contributed by atoms with Gasteiger partial charge in [-0.3, -0.25) is 6.08 Å². The first-order valence-corrected chi connectivity index (χ1v) is 7.91. The minimum Gasteiger partial charge on any atom is -1.00 e. The Morgan fingerprint density at radius 3 is 2.38 bits per heavy atom. The third-order valence-corrected chi connectivity index (χ3v) is 4.03. The van der Waals surface area contributed by atoms with Gasteiger partial charge < -0.3 is 29.7 Å². The van der Waals surface area contributed by atoms with Crippen molar-refractivity contribution in [2.75, 3.05) is 4.90 Å². The minimum atomic E-state index is 0. The van der Waals surface area contributed by atoms with E-state index in [4.69, 9.17) is 0 Å². The van der Waals surface area contributed by atoms with E-state index in [0.29, 0.717) is 0 Å². The largest absolute Gasteiger partial charge is 4.00 e. The van der Waals surface area contributed by atoms with E-state index in [9.17, 15) is 0 Å². The molecule has 1 aromatic rings. The molecule has 0 bridgehead atoms. The van der Waals surface area contributed by atoms with Gasteiger partial charge in [-0.15, -0.1) is 18.1 Å². The first kappa shape index (κ1) is 23.7. The van der Waals surface area contributed by atoms with Gasteiger partial charge in [-0.05, 0) is 12.1 Å². The van der Waals surface area contributed by atoms with Crippen LogP contribution in [0, 0.1) is 12.2 Å². The van der Waals surface area contributed by atoms with Gasteiger partial charge in [0.2, 0.25) is 0 Å². The summed E-state index contributed by atoms with van der Waals surface area (Å²) < 4.78 is 0. The van der Waals surface area contributed by atoms with Gasteiger partial charge in [0.1, 0.15) is 0 Å². The van der Waals surface area contributed by atoms with E-state index >= 15 is 0 Å². The third-order valence-electron chi connectivity index (χ3n) is 3.39. The molecule has 4 rings (SSSR count). The number of rotatable bonds is 1. The number of hydrogen-bond donors (Lipinski definition) is 0. The molecule has 0 saturated heterocycles. The molecule has 1 atom stereocenters. The molecule has 1 aliphatic heterocycles. The van der Waals surface area contributed by atoms with Gasteiger partial charge in [-0.25, -0.2) is 12.2 Å². The fourth-order valence-corrected chi connectivity index (χ4v) is 3.17. The van der Waals surface area contributed by atoms with E-state index in [1.807, 2.05) is 18.2 Å². The van der Waals surface area contributed by atoms with Crippen molar-refractivity contribution >= 4 is 21.6 Å². The van der Waals surface area contributed by atoms with Gasteiger partial charge in [0.15, 0.2) is 0 Å². The fraction of sp³-hybridized carbons (Fsp3) is 0.158. The molecule has 0 fully saturated rings. The Bertz CT molecular complexity index is 668. The van der Waals surface area contributed by atoms with Crippen molar-refractivity contribution in [2.45, 2.75) is 18.3 Å². The van der Waals surface area contributed by atoms with Crippen molar-refractivity contribution < 1.29 is 51.0 Å². The zero-order valence-corrected chi connectivity index (χ0v) is 18.7. The predicted molar refractivity (Wildman–Crippen MR) is 91.8 cm³/mol. The Labute approximate surface area is 184 Å². The first-order valence-electron chi connectivity index (χ1n) is 6.99. The van der Waals surface area contributed by atoms with Gasteiger partial charge in [-0.2, -0.15) is 23.8 Å². The van der Waals surface area contributed by atoms with E-state index in [0.717, 1.165) is 6.42 Å². The SMILES string of the molecule is CC1=CC2=[C-]C(Br)N(c3ccccc3)C2=C1.[C-]1=CC=CC1.[Cl-].[Cl-].[Zr+4]. The number of fused-ring (bicyclic) bond motifs is 1. The summed E-state index contributed by atoms with van der Waals surface area (Å²) in [6.07, 6.45) is 17.8. The third kappa shape index (κ3) is 5.59. The van der Waals surface area contributed by atoms with Crippen LogP contribution in [-0.4, -0.2) is 4.95 Å². The molecule has 2 aliphatic carbocycles. The van der Waals surface area contributed by atoms with Crippen molar-refractivity contribution in [2.24, 2.45) is 0 Å². The monoisotopic (exact) mass is 497 g/mol. The number of anilines is 1. The van der Waals surface area contributed by atoms with E-state index in [-0.39, 0.29) is 56.0 Å². The second kappa shape index (κ2) is 11.3. The van der Waals surface area contributed by atoms with Crippen molar-refractivity contribution in [1.29, 1.82) is 0 Å². The topological polar surface area (TPSA) is 3.24 Å². The van der Waals surface area contributed by atoms with Gasteiger partial charge in [0.05, 0.1) is 0 Å². The molecule has 0 amide bonds. The number of para-hydroxylation sites is 1. The molecule has 0 spiro atoms. The summed E-state index contributed by atoms with van der Waals surface area (Å²) in [5.41, 5.74) is 4.92. The average Bonchev–Trinajstić information content (AvgIpc) is 3.18. The Morgan fingerprint density at radius 2 is 1.83 bits per heavy atom. The molecule has 24 heavy (non-hydrogen) atoms. The molecule has 0 N–H and O–H groups in total. The maximum atomic E-state index is 3.64. The van der Waals surface area contributed by atoms with Gasteiger partial charge in [0, 0.05) is 10.6 Å². The van der Waals surface area contributed by atoms with Gasteiger partial charge in [0.25, 0.3) is 0 Å². The van der Waals surface area contributed by atoms with Crippen LogP contribution in [-0.2, 0) is 26.2 Å². The summed E-state index contributed by atoms with van der Waals surface area (Å²) >= 11 is 3.64. The number of benzene rings is 1. The summed E-state index contributed by atoms with van der Waals surface area (Å²) in [4.78, 5) is 2.39. The number of nitrogens with zero attached hydrogens (tertiary/aromatic N) is 1. The smallest absolute Gasteiger partial charge is 1.00 e. The molecular formula is C19H16BrCl2NZr. The molecular weight excluding hydrogens is 484 g/mol. The van der Waals surface area contributed by atoms with E-state index in [1.54, 1.807) is 0 Å². The Balaban J connectivity index is 0.000000578. The fourth-order valence-electron chi connectivity index (χ4n) is 2.47. The van der Waals surface area contributed by atoms with Crippen molar-refractivity contribution in [3.8, 4) is 0 Å². The van der Waals surface area contributed by atoms with Crippen molar-refractivity contribution in [1.82, 2.24) is 0 Å². The molecule has 1 heterocycles. The van der Waals surface area contributed by atoms with Crippen LogP contribution in [0.3, 0.4) is 0 Å². The van der Waals surface area contributed by atoms with Crippen LogP contribution in [0.2, 0.25) is 0 Å². The molecule has 1 aromatic carbocycles. The van der Waals surface area contributed by atoms with E-state index < -0.39 is 0 Å². The number of halogens is 3. The first-order chi connectivity index (χ1) is 10.3. The second-order valence-electron chi connectivity index (χ2n) is 5.02. The predicted octanol–water partition coefficient (Wildman–Crippen LogP) is -0.888. The summed E-state index contributed by atoms with van der Waals surface area (Å²) in [6.45, 7) is 2.12. The minimum absolute atomic E-state index is 0. The quantitative estimate of drug-likeness (QED) is 0.275. The van der Waals surface area contributed by atoms with Crippen LogP contribution >= 0.6 is 15.9 Å². The molecule has 122 valence electrons. The number of allylic oxidation sites excluding steroid dienone is 7.